The lowest BCUT2D eigenvalue weighted by molar-refractivity contribution is -0.186. The number of aliphatic hydroxyl groups is 1. The van der Waals surface area contributed by atoms with E-state index in [4.69, 9.17) is 0 Å². The quantitative estimate of drug-likeness (QED) is 0.840. The number of nitrogens with zero attached hydrogens (tertiary/aromatic N) is 2. The summed E-state index contributed by atoms with van der Waals surface area (Å²) in [6, 6.07) is 4.13. The van der Waals surface area contributed by atoms with E-state index in [9.17, 15) is 27.9 Å². The summed E-state index contributed by atoms with van der Waals surface area (Å²) in [5, 5.41) is 10.1. The predicted molar refractivity (Wildman–Crippen MR) is 83.9 cm³/mol. The number of amides is 2. The first-order valence-corrected chi connectivity index (χ1v) is 8.18. The summed E-state index contributed by atoms with van der Waals surface area (Å²) in [5.41, 5.74) is 2.01. The third-order valence-electron chi connectivity index (χ3n) is 4.77. The average molecular weight is 356 g/mol. The van der Waals surface area contributed by atoms with Gasteiger partial charge in [0.1, 0.15) is 6.04 Å². The molecule has 8 heteroatoms. The van der Waals surface area contributed by atoms with Crippen LogP contribution in [-0.4, -0.2) is 47.1 Å². The van der Waals surface area contributed by atoms with Crippen molar-refractivity contribution in [2.75, 3.05) is 18.0 Å². The van der Waals surface area contributed by atoms with Crippen molar-refractivity contribution in [2.45, 2.75) is 44.5 Å². The molecule has 2 aliphatic heterocycles. The number of rotatable bonds is 1. The molecule has 0 saturated carbocycles. The van der Waals surface area contributed by atoms with Crippen LogP contribution in [0.3, 0.4) is 0 Å². The summed E-state index contributed by atoms with van der Waals surface area (Å²) in [4.78, 5) is 26.5. The summed E-state index contributed by atoms with van der Waals surface area (Å²) in [5.74, 6) is -2.49. The van der Waals surface area contributed by atoms with Gasteiger partial charge in [0.05, 0.1) is 6.10 Å². The Kier molecular flexibility index (Phi) is 4.49. The molecule has 2 unspecified atom stereocenters. The van der Waals surface area contributed by atoms with Gasteiger partial charge in [-0.05, 0) is 32.3 Å². The Balaban J connectivity index is 1.89. The van der Waals surface area contributed by atoms with Crippen molar-refractivity contribution >= 4 is 17.5 Å². The molecule has 0 radical (unpaired) electrons. The molecule has 1 saturated heterocycles. The van der Waals surface area contributed by atoms with Crippen LogP contribution in [0.2, 0.25) is 0 Å². The standard InChI is InChI=1S/C17H19F3N2O3/c1-10-4-5-12-11(9-10)14(23)6-8-21(12)15(24)13-3-2-7-22(13)16(25)17(18,19)20/h4-5,9,13-14,23H,2-3,6-8H2,1H3. The van der Waals surface area contributed by atoms with Crippen LogP contribution in [0.1, 0.15) is 36.5 Å². The first-order valence-electron chi connectivity index (χ1n) is 8.18. The van der Waals surface area contributed by atoms with Crippen molar-refractivity contribution in [1.82, 2.24) is 4.90 Å². The van der Waals surface area contributed by atoms with E-state index in [1.165, 1.54) is 4.90 Å². The van der Waals surface area contributed by atoms with Crippen LogP contribution in [0.5, 0.6) is 0 Å². The summed E-state index contributed by atoms with van der Waals surface area (Å²) < 4.78 is 38.3. The number of hydrogen-bond donors (Lipinski definition) is 1. The number of aliphatic hydroxyl groups excluding tert-OH is 1. The fourth-order valence-electron chi connectivity index (χ4n) is 3.55. The highest BCUT2D eigenvalue weighted by molar-refractivity contribution is 6.01. The second kappa shape index (κ2) is 6.33. The van der Waals surface area contributed by atoms with E-state index < -0.39 is 30.1 Å². The Morgan fingerprint density at radius 1 is 1.20 bits per heavy atom. The van der Waals surface area contributed by atoms with E-state index in [-0.39, 0.29) is 19.5 Å². The minimum absolute atomic E-state index is 0.0774. The average Bonchev–Trinajstić information content (AvgIpc) is 3.03. The molecule has 0 spiro atoms. The topological polar surface area (TPSA) is 60.9 Å². The highest BCUT2D eigenvalue weighted by Gasteiger charge is 2.48. The number of halogens is 3. The van der Waals surface area contributed by atoms with E-state index in [1.807, 2.05) is 6.92 Å². The molecule has 2 aliphatic rings. The van der Waals surface area contributed by atoms with E-state index in [0.29, 0.717) is 29.0 Å². The van der Waals surface area contributed by atoms with Crippen molar-refractivity contribution in [3.05, 3.63) is 29.3 Å². The van der Waals surface area contributed by atoms with Gasteiger partial charge in [-0.1, -0.05) is 17.7 Å². The molecule has 1 N–H and O–H groups in total. The molecule has 25 heavy (non-hydrogen) atoms. The van der Waals surface area contributed by atoms with Gasteiger partial charge in [-0.3, -0.25) is 9.59 Å². The normalized spacial score (nSPS) is 23.6. The molecule has 1 fully saturated rings. The lowest BCUT2D eigenvalue weighted by Gasteiger charge is -2.36. The molecule has 3 rings (SSSR count). The maximum atomic E-state index is 12.9. The largest absolute Gasteiger partial charge is 0.471 e. The highest BCUT2D eigenvalue weighted by Crippen LogP contribution is 2.36. The second-order valence-corrected chi connectivity index (χ2v) is 6.51. The number of fused-ring (bicyclic) bond motifs is 1. The fraction of sp³-hybridized carbons (Fsp3) is 0.529. The second-order valence-electron chi connectivity index (χ2n) is 6.51. The third kappa shape index (κ3) is 3.22. The number of likely N-dealkylation sites (tertiary alicyclic amines) is 1. The Morgan fingerprint density at radius 3 is 2.60 bits per heavy atom. The van der Waals surface area contributed by atoms with Crippen LogP contribution in [0, 0.1) is 6.92 Å². The van der Waals surface area contributed by atoms with Gasteiger partial charge in [0.2, 0.25) is 5.91 Å². The number of carbonyl (C=O) groups is 2. The van der Waals surface area contributed by atoms with Crippen molar-refractivity contribution in [1.29, 1.82) is 0 Å². The molecule has 1 aromatic carbocycles. The minimum Gasteiger partial charge on any atom is -0.388 e. The molecular weight excluding hydrogens is 337 g/mol. The lowest BCUT2D eigenvalue weighted by Crippen LogP contribution is -2.52. The summed E-state index contributed by atoms with van der Waals surface area (Å²) >= 11 is 0. The van der Waals surface area contributed by atoms with Crippen LogP contribution in [0.15, 0.2) is 18.2 Å². The zero-order chi connectivity index (χ0) is 18.4. The Hall–Kier alpha value is -2.09. The molecule has 2 atom stereocenters. The van der Waals surface area contributed by atoms with Gasteiger partial charge in [-0.15, -0.1) is 0 Å². The van der Waals surface area contributed by atoms with E-state index in [2.05, 4.69) is 0 Å². The predicted octanol–water partition coefficient (Wildman–Crippen LogP) is 2.32. The van der Waals surface area contributed by atoms with Crippen LogP contribution < -0.4 is 4.90 Å². The first kappa shape index (κ1) is 17.7. The summed E-state index contributed by atoms with van der Waals surface area (Å²) in [6.07, 6.45) is -4.83. The van der Waals surface area contributed by atoms with Crippen molar-refractivity contribution < 1.29 is 27.9 Å². The lowest BCUT2D eigenvalue weighted by atomic mass is 9.96. The van der Waals surface area contributed by atoms with Gasteiger partial charge >= 0.3 is 12.1 Å². The minimum atomic E-state index is -4.99. The van der Waals surface area contributed by atoms with Crippen LogP contribution in [0.25, 0.3) is 0 Å². The van der Waals surface area contributed by atoms with E-state index >= 15 is 0 Å². The summed E-state index contributed by atoms with van der Waals surface area (Å²) in [7, 11) is 0. The molecule has 2 amide bonds. The highest BCUT2D eigenvalue weighted by atomic mass is 19.4. The van der Waals surface area contributed by atoms with Crippen LogP contribution in [0.4, 0.5) is 18.9 Å². The number of aryl methyl sites for hydroxylation is 1. The number of carbonyl (C=O) groups excluding carboxylic acids is 2. The number of benzene rings is 1. The molecular formula is C17H19F3N2O3. The molecule has 5 nitrogen and oxygen atoms in total. The number of anilines is 1. The van der Waals surface area contributed by atoms with Gasteiger partial charge in [0, 0.05) is 24.3 Å². The maximum absolute atomic E-state index is 12.9. The van der Waals surface area contributed by atoms with E-state index in [1.54, 1.807) is 18.2 Å². The molecule has 1 aromatic rings. The zero-order valence-corrected chi connectivity index (χ0v) is 13.7. The Bertz CT molecular complexity index is 705. The van der Waals surface area contributed by atoms with Crippen molar-refractivity contribution in [3.8, 4) is 0 Å². The number of alkyl halides is 3. The van der Waals surface area contributed by atoms with Gasteiger partial charge in [-0.2, -0.15) is 13.2 Å². The van der Waals surface area contributed by atoms with Crippen molar-refractivity contribution in [2.24, 2.45) is 0 Å². The zero-order valence-electron chi connectivity index (χ0n) is 13.7. The van der Waals surface area contributed by atoms with Gasteiger partial charge < -0.3 is 14.9 Å². The number of hydrogen-bond acceptors (Lipinski definition) is 3. The van der Waals surface area contributed by atoms with Crippen molar-refractivity contribution in [3.63, 3.8) is 0 Å². The van der Waals surface area contributed by atoms with Crippen LogP contribution >= 0.6 is 0 Å². The van der Waals surface area contributed by atoms with Gasteiger partial charge in [0.15, 0.2) is 0 Å². The molecule has 136 valence electrons. The molecule has 2 heterocycles. The maximum Gasteiger partial charge on any atom is 0.471 e. The first-order chi connectivity index (χ1) is 11.7. The summed E-state index contributed by atoms with van der Waals surface area (Å²) in [6.45, 7) is 1.99. The molecule has 0 aromatic heterocycles. The molecule has 0 bridgehead atoms. The fourth-order valence-corrected chi connectivity index (χ4v) is 3.55. The van der Waals surface area contributed by atoms with Gasteiger partial charge in [-0.25, -0.2) is 0 Å². The van der Waals surface area contributed by atoms with Crippen LogP contribution in [-0.2, 0) is 9.59 Å². The third-order valence-corrected chi connectivity index (χ3v) is 4.77. The smallest absolute Gasteiger partial charge is 0.388 e. The van der Waals surface area contributed by atoms with E-state index in [0.717, 1.165) is 5.56 Å². The monoisotopic (exact) mass is 356 g/mol. The van der Waals surface area contributed by atoms with Gasteiger partial charge in [0.25, 0.3) is 0 Å². The Labute approximate surface area is 143 Å². The molecule has 0 aliphatic carbocycles. The Morgan fingerprint density at radius 2 is 1.92 bits per heavy atom. The SMILES string of the molecule is Cc1ccc2c(c1)C(O)CCN2C(=O)C1CCCN1C(=O)C(F)(F)F.